The molecule has 0 spiro atoms. The van der Waals surface area contributed by atoms with Crippen LogP contribution >= 0.6 is 0 Å². The Labute approximate surface area is 145 Å². The molecule has 0 saturated heterocycles. The lowest BCUT2D eigenvalue weighted by Gasteiger charge is -2.37. The Balaban J connectivity index is 1.41. The summed E-state index contributed by atoms with van der Waals surface area (Å²) in [5, 5.41) is 0. The average Bonchev–Trinajstić information content (AvgIpc) is 3.21. The second-order valence-corrected chi connectivity index (χ2v) is 8.88. The Hall–Kier alpha value is -0.0800. The molecule has 0 N–H and O–H groups in total. The zero-order valence-corrected chi connectivity index (χ0v) is 16.0. The van der Waals surface area contributed by atoms with E-state index in [-0.39, 0.29) is 0 Å². The smallest absolute Gasteiger partial charge is 0.00952 e. The minimum absolute atomic E-state index is 0.850. The molecule has 0 aromatic heterocycles. The van der Waals surface area contributed by atoms with E-state index in [9.17, 15) is 0 Å². The van der Waals surface area contributed by atoms with Gasteiger partial charge in [-0.3, -0.25) is 0 Å². The van der Waals surface area contributed by atoms with Gasteiger partial charge in [0.2, 0.25) is 0 Å². The van der Waals surface area contributed by atoms with E-state index in [0.717, 1.165) is 29.7 Å². The van der Waals surface area contributed by atoms with Crippen molar-refractivity contribution in [2.45, 2.75) is 77.7 Å². The zero-order valence-electron chi connectivity index (χ0n) is 16.0. The molecule has 0 aliphatic heterocycles. The highest BCUT2D eigenvalue weighted by Crippen LogP contribution is 2.49. The Bertz CT molecular complexity index is 356. The highest BCUT2D eigenvalue weighted by Gasteiger charge is 2.39. The molecule has 0 aromatic rings. The first-order chi connectivity index (χ1) is 11.2. The van der Waals surface area contributed by atoms with E-state index in [0.29, 0.717) is 0 Å². The van der Waals surface area contributed by atoms with Crippen LogP contribution in [0.1, 0.15) is 71.6 Å². The molecule has 2 heteroatoms. The van der Waals surface area contributed by atoms with E-state index < -0.39 is 0 Å². The number of nitrogens with zero attached hydrogens (tertiary/aromatic N) is 2. The number of fused-ring (bicyclic) bond motifs is 2. The van der Waals surface area contributed by atoms with Crippen molar-refractivity contribution < 1.29 is 0 Å². The molecule has 3 aliphatic rings. The topological polar surface area (TPSA) is 6.48 Å². The van der Waals surface area contributed by atoms with E-state index in [1.54, 1.807) is 25.7 Å². The zero-order chi connectivity index (χ0) is 16.2. The van der Waals surface area contributed by atoms with Gasteiger partial charge >= 0.3 is 0 Å². The number of hydrogen-bond acceptors (Lipinski definition) is 2. The Kier molecular flexibility index (Phi) is 6.43. The van der Waals surface area contributed by atoms with Crippen molar-refractivity contribution in [2.75, 3.05) is 33.2 Å². The molecule has 0 amide bonds. The van der Waals surface area contributed by atoms with Crippen LogP contribution in [0.3, 0.4) is 0 Å². The second-order valence-electron chi connectivity index (χ2n) is 8.88. The predicted octanol–water partition coefficient (Wildman–Crippen LogP) is 4.65. The van der Waals surface area contributed by atoms with E-state index >= 15 is 0 Å². The molecule has 23 heavy (non-hydrogen) atoms. The molecule has 3 saturated carbocycles. The molecule has 0 radical (unpaired) electrons. The maximum absolute atomic E-state index is 2.78. The molecule has 0 aromatic carbocycles. The Morgan fingerprint density at radius 1 is 0.913 bits per heavy atom. The summed E-state index contributed by atoms with van der Waals surface area (Å²) < 4.78 is 0. The van der Waals surface area contributed by atoms with Crippen LogP contribution in [0.5, 0.6) is 0 Å². The summed E-state index contributed by atoms with van der Waals surface area (Å²) in [6.07, 6.45) is 13.5. The fourth-order valence-electron chi connectivity index (χ4n) is 5.91. The number of hydrogen-bond donors (Lipinski definition) is 0. The van der Waals surface area contributed by atoms with Gasteiger partial charge in [0.05, 0.1) is 0 Å². The van der Waals surface area contributed by atoms with Crippen molar-refractivity contribution in [3.63, 3.8) is 0 Å². The molecule has 3 fully saturated rings. The van der Waals surface area contributed by atoms with E-state index in [1.807, 2.05) is 0 Å². The summed E-state index contributed by atoms with van der Waals surface area (Å²) in [6.45, 7) is 9.88. The highest BCUT2D eigenvalue weighted by atomic mass is 15.1. The van der Waals surface area contributed by atoms with Crippen molar-refractivity contribution in [3.05, 3.63) is 0 Å². The lowest BCUT2D eigenvalue weighted by molar-refractivity contribution is 0.128. The third-order valence-corrected chi connectivity index (χ3v) is 7.54. The summed E-state index contributed by atoms with van der Waals surface area (Å²) >= 11 is 0. The highest BCUT2D eigenvalue weighted by molar-refractivity contribution is 4.90. The van der Waals surface area contributed by atoms with Crippen molar-refractivity contribution >= 4 is 0 Å². The third-order valence-electron chi connectivity index (χ3n) is 7.54. The van der Waals surface area contributed by atoms with Gasteiger partial charge in [-0.1, -0.05) is 26.7 Å². The minimum atomic E-state index is 0.850. The van der Waals surface area contributed by atoms with Crippen LogP contribution in [0.15, 0.2) is 0 Å². The van der Waals surface area contributed by atoms with Gasteiger partial charge in [-0.2, -0.15) is 0 Å². The first kappa shape index (κ1) is 17.7. The molecule has 3 aliphatic carbocycles. The molecule has 0 heterocycles. The largest absolute Gasteiger partial charge is 0.304 e. The predicted molar refractivity (Wildman–Crippen MR) is 99.7 cm³/mol. The molecular formula is C21H40N2. The minimum Gasteiger partial charge on any atom is -0.304 e. The fraction of sp³-hybridized carbons (Fsp3) is 1.00. The van der Waals surface area contributed by atoms with Crippen LogP contribution in [-0.4, -0.2) is 49.1 Å². The molecule has 5 atom stereocenters. The van der Waals surface area contributed by atoms with Gasteiger partial charge in [0.15, 0.2) is 0 Å². The fourth-order valence-corrected chi connectivity index (χ4v) is 5.91. The molecule has 2 nitrogen and oxygen atoms in total. The molecule has 134 valence electrons. The van der Waals surface area contributed by atoms with E-state index in [4.69, 9.17) is 0 Å². The monoisotopic (exact) mass is 320 g/mol. The lowest BCUT2D eigenvalue weighted by atomic mass is 9.84. The maximum Gasteiger partial charge on any atom is 0.00952 e. The normalized spacial score (nSPS) is 37.2. The van der Waals surface area contributed by atoms with Gasteiger partial charge in [0, 0.05) is 12.6 Å². The van der Waals surface area contributed by atoms with Crippen molar-refractivity contribution in [1.29, 1.82) is 0 Å². The standard InChI is InChI=1S/C21H40N2/c1-4-22(3)21-8-6-7-18(15-21)16-23(5-2)12-11-20-14-17-9-10-19(20)13-17/h17-21H,4-16H2,1-3H3. The van der Waals surface area contributed by atoms with Crippen LogP contribution < -0.4 is 0 Å². The van der Waals surface area contributed by atoms with E-state index in [1.165, 1.54) is 58.3 Å². The summed E-state index contributed by atoms with van der Waals surface area (Å²) in [5.41, 5.74) is 0. The lowest BCUT2D eigenvalue weighted by Crippen LogP contribution is -2.40. The van der Waals surface area contributed by atoms with Crippen molar-refractivity contribution in [3.8, 4) is 0 Å². The summed E-state index contributed by atoms with van der Waals surface area (Å²) in [5.74, 6) is 4.25. The van der Waals surface area contributed by atoms with Gasteiger partial charge < -0.3 is 9.80 Å². The summed E-state index contributed by atoms with van der Waals surface area (Å²) in [7, 11) is 2.32. The Morgan fingerprint density at radius 2 is 1.78 bits per heavy atom. The van der Waals surface area contributed by atoms with Gasteiger partial charge in [-0.15, -0.1) is 0 Å². The number of rotatable bonds is 8. The van der Waals surface area contributed by atoms with Crippen molar-refractivity contribution in [2.24, 2.45) is 23.7 Å². The Morgan fingerprint density at radius 3 is 2.43 bits per heavy atom. The van der Waals surface area contributed by atoms with Crippen LogP contribution in [0, 0.1) is 23.7 Å². The van der Waals surface area contributed by atoms with E-state index in [2.05, 4.69) is 30.7 Å². The maximum atomic E-state index is 2.78. The third kappa shape index (κ3) is 4.51. The molecule has 2 bridgehead atoms. The second kappa shape index (κ2) is 8.34. The first-order valence-corrected chi connectivity index (χ1v) is 10.6. The van der Waals surface area contributed by atoms with Gasteiger partial charge in [0.25, 0.3) is 0 Å². The molecule has 5 unspecified atom stereocenters. The van der Waals surface area contributed by atoms with Crippen LogP contribution in [-0.2, 0) is 0 Å². The first-order valence-electron chi connectivity index (χ1n) is 10.6. The van der Waals surface area contributed by atoms with Crippen LogP contribution in [0.25, 0.3) is 0 Å². The molecule has 3 rings (SSSR count). The van der Waals surface area contributed by atoms with Gasteiger partial charge in [0.1, 0.15) is 0 Å². The van der Waals surface area contributed by atoms with Crippen molar-refractivity contribution in [1.82, 2.24) is 9.80 Å². The summed E-state index contributed by atoms with van der Waals surface area (Å²) in [6, 6.07) is 0.850. The van der Waals surface area contributed by atoms with Crippen LogP contribution in [0.4, 0.5) is 0 Å². The van der Waals surface area contributed by atoms with Crippen LogP contribution in [0.2, 0.25) is 0 Å². The SMILES string of the molecule is CCN(CCC1CC2CCC1C2)CC1CCCC(N(C)CC)C1. The molecular weight excluding hydrogens is 280 g/mol. The summed E-state index contributed by atoms with van der Waals surface area (Å²) in [4.78, 5) is 5.36. The van der Waals surface area contributed by atoms with Gasteiger partial charge in [-0.05, 0) is 95.3 Å². The quantitative estimate of drug-likeness (QED) is 0.642. The average molecular weight is 321 g/mol. The van der Waals surface area contributed by atoms with Gasteiger partial charge in [-0.25, -0.2) is 0 Å².